The monoisotopic (exact) mass is 192 g/mol. The highest BCUT2D eigenvalue weighted by atomic mass is 16.5. The van der Waals surface area contributed by atoms with Gasteiger partial charge in [-0.25, -0.2) is 0 Å². The van der Waals surface area contributed by atoms with Crippen molar-refractivity contribution in [2.75, 3.05) is 13.2 Å². The second-order valence-electron chi connectivity index (χ2n) is 4.07. The van der Waals surface area contributed by atoms with Crippen molar-refractivity contribution in [3.8, 4) is 0 Å². The lowest BCUT2D eigenvalue weighted by atomic mass is 9.82. The van der Waals surface area contributed by atoms with E-state index in [1.165, 1.54) is 0 Å². The van der Waals surface area contributed by atoms with Crippen molar-refractivity contribution in [2.24, 2.45) is 5.92 Å². The molecular formula is C12H16O2. The molecule has 2 heteroatoms. The number of benzene rings is 1. The molecule has 1 aromatic rings. The molecule has 1 aliphatic rings. The summed E-state index contributed by atoms with van der Waals surface area (Å²) in [6.07, 6.45) is 0.946. The summed E-state index contributed by atoms with van der Waals surface area (Å²) in [7, 11) is 0. The van der Waals surface area contributed by atoms with E-state index in [1.54, 1.807) is 0 Å². The molecule has 0 saturated carbocycles. The van der Waals surface area contributed by atoms with Crippen LogP contribution in [0.1, 0.15) is 18.9 Å². The summed E-state index contributed by atoms with van der Waals surface area (Å²) >= 11 is 0. The van der Waals surface area contributed by atoms with Crippen LogP contribution in [0.15, 0.2) is 30.3 Å². The van der Waals surface area contributed by atoms with Gasteiger partial charge in [-0.15, -0.1) is 0 Å². The Morgan fingerprint density at radius 1 is 1.36 bits per heavy atom. The van der Waals surface area contributed by atoms with Gasteiger partial charge in [-0.05, 0) is 18.9 Å². The summed E-state index contributed by atoms with van der Waals surface area (Å²) in [5.74, 6) is 0.227. The average Bonchev–Trinajstić information content (AvgIpc) is 2.72. The van der Waals surface area contributed by atoms with E-state index >= 15 is 0 Å². The van der Waals surface area contributed by atoms with Gasteiger partial charge in [-0.3, -0.25) is 0 Å². The van der Waals surface area contributed by atoms with Crippen molar-refractivity contribution in [3.05, 3.63) is 35.9 Å². The number of rotatable bonds is 2. The van der Waals surface area contributed by atoms with E-state index in [2.05, 4.69) is 0 Å². The van der Waals surface area contributed by atoms with Crippen LogP contribution < -0.4 is 0 Å². The third-order valence-electron chi connectivity index (χ3n) is 3.08. The minimum atomic E-state index is -0.752. The minimum absolute atomic E-state index is 0.227. The first kappa shape index (κ1) is 9.69. The molecule has 0 aromatic heterocycles. The molecule has 2 atom stereocenters. The summed E-state index contributed by atoms with van der Waals surface area (Å²) < 4.78 is 5.30. The Kier molecular flexibility index (Phi) is 2.57. The Morgan fingerprint density at radius 2 is 2.07 bits per heavy atom. The summed E-state index contributed by atoms with van der Waals surface area (Å²) in [5, 5.41) is 10.4. The molecule has 2 unspecified atom stereocenters. The van der Waals surface area contributed by atoms with E-state index in [0.717, 1.165) is 18.6 Å². The molecule has 2 nitrogen and oxygen atoms in total. The first-order valence-electron chi connectivity index (χ1n) is 5.07. The van der Waals surface area contributed by atoms with Crippen molar-refractivity contribution in [3.63, 3.8) is 0 Å². The molecule has 1 aromatic carbocycles. The molecule has 0 spiro atoms. The van der Waals surface area contributed by atoms with Crippen LogP contribution in [0.2, 0.25) is 0 Å². The van der Waals surface area contributed by atoms with Crippen molar-refractivity contribution >= 4 is 0 Å². The van der Waals surface area contributed by atoms with E-state index in [9.17, 15) is 5.11 Å². The van der Waals surface area contributed by atoms with Gasteiger partial charge < -0.3 is 9.84 Å². The van der Waals surface area contributed by atoms with Gasteiger partial charge in [0.25, 0.3) is 0 Å². The number of aliphatic hydroxyl groups is 1. The molecular weight excluding hydrogens is 176 g/mol. The minimum Gasteiger partial charge on any atom is -0.385 e. The molecule has 0 bridgehead atoms. The van der Waals surface area contributed by atoms with E-state index in [0.29, 0.717) is 6.61 Å². The predicted octanol–water partition coefficient (Wildman–Crippen LogP) is 1.93. The SMILES string of the molecule is CC(O)(c1ccccc1)C1CCOC1. The molecule has 2 rings (SSSR count). The average molecular weight is 192 g/mol. The standard InChI is InChI=1S/C12H16O2/c1-12(13,11-7-8-14-9-11)10-5-3-2-4-6-10/h2-6,11,13H,7-9H2,1H3. The van der Waals surface area contributed by atoms with Gasteiger partial charge in [0.1, 0.15) is 0 Å². The lowest BCUT2D eigenvalue weighted by Gasteiger charge is -2.29. The molecule has 1 heterocycles. The maximum atomic E-state index is 10.4. The zero-order valence-corrected chi connectivity index (χ0v) is 8.44. The first-order valence-corrected chi connectivity index (χ1v) is 5.07. The van der Waals surface area contributed by atoms with Crippen LogP contribution in [0, 0.1) is 5.92 Å². The largest absolute Gasteiger partial charge is 0.385 e. The fraction of sp³-hybridized carbons (Fsp3) is 0.500. The van der Waals surface area contributed by atoms with Gasteiger partial charge in [0, 0.05) is 12.5 Å². The zero-order chi connectivity index (χ0) is 10.0. The van der Waals surface area contributed by atoms with E-state index in [-0.39, 0.29) is 5.92 Å². The Bertz CT molecular complexity index is 286. The van der Waals surface area contributed by atoms with Crippen molar-refractivity contribution in [2.45, 2.75) is 18.9 Å². The van der Waals surface area contributed by atoms with Crippen LogP contribution in [0.25, 0.3) is 0 Å². The summed E-state index contributed by atoms with van der Waals surface area (Å²) in [6, 6.07) is 9.82. The first-order chi connectivity index (χ1) is 6.71. The Morgan fingerprint density at radius 3 is 2.64 bits per heavy atom. The summed E-state index contributed by atoms with van der Waals surface area (Å²) in [4.78, 5) is 0. The van der Waals surface area contributed by atoms with E-state index < -0.39 is 5.60 Å². The molecule has 14 heavy (non-hydrogen) atoms. The quantitative estimate of drug-likeness (QED) is 0.775. The highest BCUT2D eigenvalue weighted by molar-refractivity contribution is 5.22. The van der Waals surface area contributed by atoms with Crippen LogP contribution in [-0.2, 0) is 10.3 Å². The number of hydrogen-bond acceptors (Lipinski definition) is 2. The van der Waals surface area contributed by atoms with Crippen molar-refractivity contribution in [1.82, 2.24) is 0 Å². The van der Waals surface area contributed by atoms with Crippen molar-refractivity contribution < 1.29 is 9.84 Å². The normalized spacial score (nSPS) is 26.0. The predicted molar refractivity (Wildman–Crippen MR) is 54.9 cm³/mol. The summed E-state index contributed by atoms with van der Waals surface area (Å²) in [5.41, 5.74) is 0.230. The lowest BCUT2D eigenvalue weighted by molar-refractivity contribution is -0.00970. The third kappa shape index (κ3) is 1.68. The molecule has 0 radical (unpaired) electrons. The second-order valence-corrected chi connectivity index (χ2v) is 4.07. The fourth-order valence-electron chi connectivity index (χ4n) is 1.99. The maximum Gasteiger partial charge on any atom is 0.0919 e. The zero-order valence-electron chi connectivity index (χ0n) is 8.44. The topological polar surface area (TPSA) is 29.5 Å². The van der Waals surface area contributed by atoms with Gasteiger partial charge >= 0.3 is 0 Å². The molecule has 1 N–H and O–H groups in total. The number of hydrogen-bond donors (Lipinski definition) is 1. The molecule has 1 saturated heterocycles. The van der Waals surface area contributed by atoms with Gasteiger partial charge in [-0.2, -0.15) is 0 Å². The Labute approximate surface area is 84.5 Å². The highest BCUT2D eigenvalue weighted by Crippen LogP contribution is 2.34. The Hall–Kier alpha value is -0.860. The van der Waals surface area contributed by atoms with Gasteiger partial charge in [0.15, 0.2) is 0 Å². The fourth-order valence-corrected chi connectivity index (χ4v) is 1.99. The second kappa shape index (κ2) is 3.71. The molecule has 0 amide bonds. The third-order valence-corrected chi connectivity index (χ3v) is 3.08. The van der Waals surface area contributed by atoms with Gasteiger partial charge in [0.2, 0.25) is 0 Å². The summed E-state index contributed by atoms with van der Waals surface area (Å²) in [6.45, 7) is 3.32. The van der Waals surface area contributed by atoms with E-state index in [1.807, 2.05) is 37.3 Å². The highest BCUT2D eigenvalue weighted by Gasteiger charge is 2.35. The van der Waals surface area contributed by atoms with Crippen LogP contribution in [0.5, 0.6) is 0 Å². The molecule has 76 valence electrons. The number of ether oxygens (including phenoxy) is 1. The molecule has 1 fully saturated rings. The lowest BCUT2D eigenvalue weighted by Crippen LogP contribution is -2.32. The smallest absolute Gasteiger partial charge is 0.0919 e. The van der Waals surface area contributed by atoms with Crippen LogP contribution in [0.4, 0.5) is 0 Å². The molecule has 0 aliphatic carbocycles. The van der Waals surface area contributed by atoms with Gasteiger partial charge in [-0.1, -0.05) is 30.3 Å². The van der Waals surface area contributed by atoms with Gasteiger partial charge in [0.05, 0.1) is 12.2 Å². The van der Waals surface area contributed by atoms with Crippen molar-refractivity contribution in [1.29, 1.82) is 0 Å². The Balaban J connectivity index is 2.22. The van der Waals surface area contributed by atoms with Crippen LogP contribution in [0.3, 0.4) is 0 Å². The molecule has 1 aliphatic heterocycles. The maximum absolute atomic E-state index is 10.4. The van der Waals surface area contributed by atoms with Crippen LogP contribution >= 0.6 is 0 Å². The van der Waals surface area contributed by atoms with E-state index in [4.69, 9.17) is 4.74 Å². The van der Waals surface area contributed by atoms with Crippen LogP contribution in [-0.4, -0.2) is 18.3 Å².